The van der Waals surface area contributed by atoms with Crippen molar-refractivity contribution >= 4 is 17.1 Å². The van der Waals surface area contributed by atoms with Gasteiger partial charge in [-0.25, -0.2) is 0 Å². The van der Waals surface area contributed by atoms with Gasteiger partial charge in [-0.1, -0.05) is 5.16 Å². The first-order valence-corrected chi connectivity index (χ1v) is 9.55. The molecule has 0 unspecified atom stereocenters. The molecule has 11 nitrogen and oxygen atoms in total. The zero-order valence-corrected chi connectivity index (χ0v) is 15.9. The van der Waals surface area contributed by atoms with Crippen LogP contribution in [0.3, 0.4) is 0 Å². The average Bonchev–Trinajstić information content (AvgIpc) is 3.44. The van der Waals surface area contributed by atoms with Gasteiger partial charge in [0.05, 0.1) is 16.5 Å². The number of nitro benzene ring substituents is 2. The quantitative estimate of drug-likeness (QED) is 0.567. The van der Waals surface area contributed by atoms with Gasteiger partial charge in [-0.2, -0.15) is 4.98 Å². The van der Waals surface area contributed by atoms with Crippen molar-refractivity contribution in [2.45, 2.75) is 51.0 Å². The number of hydrogen-bond acceptors (Lipinski definition) is 9. The van der Waals surface area contributed by atoms with Crippen LogP contribution in [-0.2, 0) is 6.61 Å². The maximum Gasteiger partial charge on any atom is 0.302 e. The maximum atomic E-state index is 11.7. The molecule has 1 aliphatic heterocycles. The summed E-state index contributed by atoms with van der Waals surface area (Å²) in [6, 6.07) is 1.23. The van der Waals surface area contributed by atoms with Crippen LogP contribution in [-0.4, -0.2) is 38.2 Å². The van der Waals surface area contributed by atoms with Crippen molar-refractivity contribution in [3.63, 3.8) is 0 Å². The number of aliphatic hydroxyl groups is 1. The Morgan fingerprint density at radius 1 is 1.17 bits per heavy atom. The van der Waals surface area contributed by atoms with Gasteiger partial charge in [-0.05, 0) is 38.2 Å². The first-order valence-electron chi connectivity index (χ1n) is 9.55. The third-order valence-electron chi connectivity index (χ3n) is 5.72. The lowest BCUT2D eigenvalue weighted by atomic mass is 9.94. The molecule has 0 spiro atoms. The number of aromatic nitrogens is 2. The van der Waals surface area contributed by atoms with E-state index >= 15 is 0 Å². The van der Waals surface area contributed by atoms with E-state index in [1.165, 1.54) is 13.0 Å². The summed E-state index contributed by atoms with van der Waals surface area (Å²) >= 11 is 0. The highest BCUT2D eigenvalue weighted by molar-refractivity contribution is 5.79. The fourth-order valence-corrected chi connectivity index (χ4v) is 3.90. The third-order valence-corrected chi connectivity index (χ3v) is 5.72. The minimum Gasteiger partial charge on any atom is -0.392 e. The van der Waals surface area contributed by atoms with Crippen molar-refractivity contribution in [3.8, 4) is 0 Å². The van der Waals surface area contributed by atoms with E-state index < -0.39 is 16.5 Å². The van der Waals surface area contributed by atoms with Crippen LogP contribution < -0.4 is 4.90 Å². The van der Waals surface area contributed by atoms with Gasteiger partial charge < -0.3 is 14.5 Å². The summed E-state index contributed by atoms with van der Waals surface area (Å²) in [5, 5.41) is 36.9. The van der Waals surface area contributed by atoms with E-state index in [-0.39, 0.29) is 34.1 Å². The molecule has 2 aliphatic rings. The second kappa shape index (κ2) is 7.39. The molecule has 1 saturated carbocycles. The molecular formula is C18H21N5O6. The van der Waals surface area contributed by atoms with Crippen LogP contribution in [0.25, 0.3) is 0 Å². The topological polar surface area (TPSA) is 149 Å². The van der Waals surface area contributed by atoms with Gasteiger partial charge in [0.1, 0.15) is 0 Å². The number of anilines is 1. The zero-order chi connectivity index (χ0) is 20.7. The van der Waals surface area contributed by atoms with E-state index in [0.717, 1.165) is 12.8 Å². The highest BCUT2D eigenvalue weighted by atomic mass is 16.6. The van der Waals surface area contributed by atoms with Crippen LogP contribution in [0.2, 0.25) is 0 Å². The summed E-state index contributed by atoms with van der Waals surface area (Å²) in [7, 11) is 0. The predicted octanol–water partition coefficient (Wildman–Crippen LogP) is 2.95. The first kappa shape index (κ1) is 19.2. The maximum absolute atomic E-state index is 11.7. The zero-order valence-electron chi connectivity index (χ0n) is 15.9. The molecule has 2 heterocycles. The minimum absolute atomic E-state index is 0.0000635. The van der Waals surface area contributed by atoms with E-state index in [1.807, 2.05) is 0 Å². The summed E-state index contributed by atoms with van der Waals surface area (Å²) in [4.78, 5) is 28.3. The van der Waals surface area contributed by atoms with Gasteiger partial charge >= 0.3 is 5.69 Å². The molecule has 0 bridgehead atoms. The summed E-state index contributed by atoms with van der Waals surface area (Å²) in [5.41, 5.74) is -0.258. The van der Waals surface area contributed by atoms with E-state index in [2.05, 4.69) is 10.1 Å². The highest BCUT2D eigenvalue weighted by Gasteiger charge is 2.37. The van der Waals surface area contributed by atoms with Gasteiger partial charge in [0.25, 0.3) is 5.69 Å². The fraction of sp³-hybridized carbons (Fsp3) is 0.556. The van der Waals surface area contributed by atoms with Crippen LogP contribution >= 0.6 is 0 Å². The van der Waals surface area contributed by atoms with Crippen molar-refractivity contribution in [1.29, 1.82) is 0 Å². The largest absolute Gasteiger partial charge is 0.392 e. The molecule has 2 fully saturated rings. The number of aliphatic hydroxyl groups excluding tert-OH is 1. The van der Waals surface area contributed by atoms with E-state index in [9.17, 15) is 25.3 Å². The number of nitrogens with zero attached hydrogens (tertiary/aromatic N) is 5. The van der Waals surface area contributed by atoms with Crippen LogP contribution in [0.15, 0.2) is 10.6 Å². The second-order valence-corrected chi connectivity index (χ2v) is 7.58. The predicted molar refractivity (Wildman–Crippen MR) is 101 cm³/mol. The molecule has 1 aromatic carbocycles. The Balaban J connectivity index is 1.62. The molecule has 29 heavy (non-hydrogen) atoms. The first-order chi connectivity index (χ1) is 13.9. The number of benzene rings is 1. The highest BCUT2D eigenvalue weighted by Crippen LogP contribution is 2.44. The van der Waals surface area contributed by atoms with E-state index in [0.29, 0.717) is 43.6 Å². The molecule has 11 heteroatoms. The number of nitro groups is 2. The van der Waals surface area contributed by atoms with Crippen LogP contribution in [0.5, 0.6) is 0 Å². The smallest absolute Gasteiger partial charge is 0.302 e. The van der Waals surface area contributed by atoms with Crippen molar-refractivity contribution < 1.29 is 19.5 Å². The summed E-state index contributed by atoms with van der Waals surface area (Å²) in [6.07, 6.45) is 3.35. The standard InChI is InChI=1S/C18H21N5O6/c1-10-13(9-24)8-14(22(25)26)16(15(10)23(27)28)21-6-4-11(5-7-21)17-19-18(29-20-17)12-2-3-12/h8,11-12,24H,2-7,9H2,1H3. The fourth-order valence-electron chi connectivity index (χ4n) is 3.90. The van der Waals surface area contributed by atoms with E-state index in [4.69, 9.17) is 4.52 Å². The lowest BCUT2D eigenvalue weighted by molar-refractivity contribution is -0.393. The van der Waals surface area contributed by atoms with Gasteiger partial charge in [0, 0.05) is 36.6 Å². The minimum atomic E-state index is -0.631. The monoisotopic (exact) mass is 403 g/mol. The molecular weight excluding hydrogens is 382 g/mol. The van der Waals surface area contributed by atoms with Crippen LogP contribution in [0.1, 0.15) is 60.4 Å². The molecule has 1 saturated heterocycles. The molecule has 4 rings (SSSR count). The summed E-state index contributed by atoms with van der Waals surface area (Å²) < 4.78 is 5.32. The molecule has 0 amide bonds. The van der Waals surface area contributed by atoms with Gasteiger partial charge in [0.2, 0.25) is 5.89 Å². The lowest BCUT2D eigenvalue weighted by Crippen LogP contribution is -2.34. The molecule has 1 N–H and O–H groups in total. The van der Waals surface area contributed by atoms with Crippen LogP contribution in [0.4, 0.5) is 17.1 Å². The number of hydrogen-bond donors (Lipinski definition) is 1. The van der Waals surface area contributed by atoms with Gasteiger partial charge in [-0.3, -0.25) is 20.2 Å². The van der Waals surface area contributed by atoms with Crippen molar-refractivity contribution in [2.24, 2.45) is 0 Å². The molecule has 0 radical (unpaired) electrons. The van der Waals surface area contributed by atoms with Gasteiger partial charge in [-0.15, -0.1) is 0 Å². The Morgan fingerprint density at radius 2 is 1.86 bits per heavy atom. The molecule has 154 valence electrons. The number of rotatable bonds is 6. The Morgan fingerprint density at radius 3 is 2.41 bits per heavy atom. The Bertz CT molecular complexity index is 962. The average molecular weight is 403 g/mol. The normalized spacial score (nSPS) is 17.5. The number of piperidine rings is 1. The SMILES string of the molecule is Cc1c(CO)cc([N+](=O)[O-])c(N2CCC(c3noc(C4CC4)n3)CC2)c1[N+](=O)[O-]. The Hall–Kier alpha value is -3.08. The Labute approximate surface area is 165 Å². The van der Waals surface area contributed by atoms with Crippen molar-refractivity contribution in [2.75, 3.05) is 18.0 Å². The summed E-state index contributed by atoms with van der Waals surface area (Å²) in [5.74, 6) is 1.74. The van der Waals surface area contributed by atoms with Crippen molar-refractivity contribution in [3.05, 3.63) is 49.1 Å². The van der Waals surface area contributed by atoms with Crippen molar-refractivity contribution in [1.82, 2.24) is 10.1 Å². The summed E-state index contributed by atoms with van der Waals surface area (Å²) in [6.45, 7) is 1.80. The molecule has 1 aliphatic carbocycles. The Kier molecular flexibility index (Phi) is 4.91. The van der Waals surface area contributed by atoms with Gasteiger partial charge in [0.15, 0.2) is 11.5 Å². The molecule has 1 aromatic heterocycles. The van der Waals surface area contributed by atoms with Crippen LogP contribution in [0, 0.1) is 27.2 Å². The molecule has 2 aromatic rings. The third kappa shape index (κ3) is 3.53. The lowest BCUT2D eigenvalue weighted by Gasteiger charge is -2.32. The second-order valence-electron chi connectivity index (χ2n) is 7.58. The van der Waals surface area contributed by atoms with E-state index in [1.54, 1.807) is 4.90 Å². The molecule has 0 atom stereocenters.